The second-order valence-corrected chi connectivity index (χ2v) is 13.0. The molecule has 1 fully saturated rings. The van der Waals surface area contributed by atoms with E-state index in [1.165, 1.54) is 22.3 Å². The van der Waals surface area contributed by atoms with Crippen molar-refractivity contribution in [2.75, 3.05) is 18.6 Å². The zero-order valence-electron chi connectivity index (χ0n) is 21.2. The minimum atomic E-state index is -1.11. The van der Waals surface area contributed by atoms with Gasteiger partial charge in [0.2, 0.25) is 5.91 Å². The Labute approximate surface area is 211 Å². The van der Waals surface area contributed by atoms with Gasteiger partial charge in [-0.1, -0.05) is 42.5 Å². The average molecular weight is 504 g/mol. The Kier molecular flexibility index (Phi) is 9.40. The van der Waals surface area contributed by atoms with E-state index < -0.39 is 34.7 Å². The van der Waals surface area contributed by atoms with Crippen LogP contribution in [-0.4, -0.2) is 68.8 Å². The van der Waals surface area contributed by atoms with Crippen molar-refractivity contribution in [3.05, 3.63) is 70.3 Å². The van der Waals surface area contributed by atoms with Crippen LogP contribution in [0.4, 0.5) is 0 Å². The molecule has 2 aromatic rings. The molecule has 1 amide bonds. The number of aryl methyl sites for hydroxylation is 2. The first-order valence-corrected chi connectivity index (χ1v) is 14.4. The number of carbonyl (C=O) groups excluding carboxylic acids is 1. The number of rotatable bonds is 9. The van der Waals surface area contributed by atoms with E-state index in [1.54, 1.807) is 13.8 Å². The van der Waals surface area contributed by atoms with E-state index in [4.69, 9.17) is 0 Å². The maximum absolute atomic E-state index is 12.1. The molecule has 5 N–H and O–H groups in total. The Balaban J connectivity index is 1.61. The van der Waals surface area contributed by atoms with Gasteiger partial charge in [0.15, 0.2) is 0 Å². The summed E-state index contributed by atoms with van der Waals surface area (Å²) in [5, 5.41) is 42.9. The Bertz CT molecular complexity index is 993. The summed E-state index contributed by atoms with van der Waals surface area (Å²) in [5.41, 5.74) is 5.17. The molecule has 1 unspecified atom stereocenters. The predicted molar refractivity (Wildman–Crippen MR) is 143 cm³/mol. The number of thiol groups is 1. The Morgan fingerprint density at radius 3 is 2.37 bits per heavy atom. The summed E-state index contributed by atoms with van der Waals surface area (Å²) in [6.45, 7) is 5.59. The molecule has 194 valence electrons. The van der Waals surface area contributed by atoms with E-state index in [1.807, 2.05) is 6.07 Å². The van der Waals surface area contributed by atoms with E-state index in [0.29, 0.717) is 12.2 Å². The lowest BCUT2D eigenvalue weighted by Crippen LogP contribution is -2.47. The van der Waals surface area contributed by atoms with Gasteiger partial charge in [0.25, 0.3) is 0 Å². The first-order chi connectivity index (χ1) is 16.5. The molecule has 35 heavy (non-hydrogen) atoms. The highest BCUT2D eigenvalue weighted by atomic mass is 32.2. The van der Waals surface area contributed by atoms with Crippen molar-refractivity contribution in [2.24, 2.45) is 0 Å². The lowest BCUT2D eigenvalue weighted by Gasteiger charge is -2.42. The zero-order valence-corrected chi connectivity index (χ0v) is 22.1. The maximum atomic E-state index is 12.1. The highest BCUT2D eigenvalue weighted by Gasteiger charge is 2.40. The van der Waals surface area contributed by atoms with Gasteiger partial charge in [-0.2, -0.15) is 0 Å². The number of benzene rings is 2. The topological polar surface area (TPSA) is 110 Å². The van der Waals surface area contributed by atoms with Crippen LogP contribution in [0.15, 0.2) is 42.5 Å². The summed E-state index contributed by atoms with van der Waals surface area (Å²) in [6.07, 6.45) is 1.91. The second kappa shape index (κ2) is 11.9. The molecule has 5 atom stereocenters. The van der Waals surface area contributed by atoms with Crippen LogP contribution in [0, 0.1) is 6.92 Å². The first kappa shape index (κ1) is 27.7. The van der Waals surface area contributed by atoms with Gasteiger partial charge in [-0.3, -0.25) is 4.79 Å². The summed E-state index contributed by atoms with van der Waals surface area (Å²) >= 11 is 0. The molecule has 1 saturated heterocycles. The number of hydrogen-bond acceptors (Lipinski definition) is 5. The van der Waals surface area contributed by atoms with Crippen LogP contribution in [0.3, 0.4) is 0 Å². The van der Waals surface area contributed by atoms with Crippen molar-refractivity contribution in [3.8, 4) is 0 Å². The minimum absolute atomic E-state index is 0.0445. The summed E-state index contributed by atoms with van der Waals surface area (Å²) in [6, 6.07) is 14.7. The lowest BCUT2D eigenvalue weighted by atomic mass is 9.93. The molecule has 0 radical (unpaired) electrons. The molecule has 1 heterocycles. The van der Waals surface area contributed by atoms with Gasteiger partial charge >= 0.3 is 0 Å². The fraction of sp³-hybridized carbons (Fsp3) is 0.536. The fourth-order valence-electron chi connectivity index (χ4n) is 4.69. The van der Waals surface area contributed by atoms with Gasteiger partial charge in [0.05, 0.1) is 24.4 Å². The Hall–Kier alpha value is -1.90. The highest BCUT2D eigenvalue weighted by molar-refractivity contribution is 8.16. The lowest BCUT2D eigenvalue weighted by molar-refractivity contribution is -0.123. The predicted octanol–water partition coefficient (Wildman–Crippen LogP) is 2.56. The molecule has 2 aromatic carbocycles. The molecule has 0 spiro atoms. The van der Waals surface area contributed by atoms with Gasteiger partial charge in [-0.25, -0.2) is 10.9 Å². The minimum Gasteiger partial charge on any atom is -0.394 e. The van der Waals surface area contributed by atoms with Crippen molar-refractivity contribution in [1.29, 1.82) is 0 Å². The van der Waals surface area contributed by atoms with Crippen LogP contribution in [0.2, 0.25) is 0 Å². The molecule has 0 aliphatic carbocycles. The van der Waals surface area contributed by atoms with Crippen molar-refractivity contribution in [1.82, 2.24) is 5.32 Å². The number of nitrogens with one attached hydrogen (secondary N) is 1. The molecule has 6 nitrogen and oxygen atoms in total. The monoisotopic (exact) mass is 503 g/mol. The van der Waals surface area contributed by atoms with Crippen molar-refractivity contribution in [3.63, 3.8) is 0 Å². The second-order valence-electron chi connectivity index (χ2n) is 10.6. The van der Waals surface area contributed by atoms with Gasteiger partial charge < -0.3 is 25.7 Å². The third-order valence-electron chi connectivity index (χ3n) is 6.89. The molecular weight excluding hydrogens is 462 g/mol. The molecule has 0 saturated carbocycles. The normalized spacial score (nSPS) is 25.9. The van der Waals surface area contributed by atoms with Crippen LogP contribution < -0.4 is 5.32 Å². The quantitative estimate of drug-likeness (QED) is 0.295. The average Bonchev–Trinajstić information content (AvgIpc) is 2.80. The van der Waals surface area contributed by atoms with Crippen molar-refractivity contribution < 1.29 is 25.2 Å². The van der Waals surface area contributed by atoms with Gasteiger partial charge in [-0.15, -0.1) is 0 Å². The maximum Gasteiger partial charge on any atom is 0.220 e. The number of aliphatic hydroxyl groups excluding tert-OH is 4. The zero-order chi connectivity index (χ0) is 25.8. The van der Waals surface area contributed by atoms with E-state index in [0.717, 1.165) is 24.8 Å². The third-order valence-corrected chi connectivity index (χ3v) is 9.40. The molecule has 3 rings (SSSR count). The molecule has 1 aliphatic heterocycles. The van der Waals surface area contributed by atoms with E-state index in [9.17, 15) is 25.2 Å². The standard InChI is InChI=1S/C28H41NO5S/c1-18-8-13-21(27-26(34)25(33)23(31)16-35(27)4)15-22(18)14-20-11-9-19(10-12-20)6-5-7-24(32)29-28(2,3)17-30/h8-13,15,23,25-27,30-31,33-35H,5-7,14,16-17H2,1-4H3,(H,29,32)/t23-,25-,26-,27+/m1/s1. The third kappa shape index (κ3) is 7.30. The highest BCUT2D eigenvalue weighted by Crippen LogP contribution is 2.48. The number of hydrogen-bond donors (Lipinski definition) is 6. The largest absolute Gasteiger partial charge is 0.394 e. The summed E-state index contributed by atoms with van der Waals surface area (Å²) < 4.78 is 0. The van der Waals surface area contributed by atoms with Gasteiger partial charge in [0, 0.05) is 17.4 Å². The number of aliphatic hydroxyl groups is 4. The van der Waals surface area contributed by atoms with E-state index in [2.05, 4.69) is 54.9 Å². The summed E-state index contributed by atoms with van der Waals surface area (Å²) in [7, 11) is -0.643. The molecule has 1 aliphatic rings. The molecular formula is C28H41NO5S. The van der Waals surface area contributed by atoms with E-state index in [-0.39, 0.29) is 17.8 Å². The van der Waals surface area contributed by atoms with Crippen LogP contribution in [-0.2, 0) is 17.6 Å². The summed E-state index contributed by atoms with van der Waals surface area (Å²) in [4.78, 5) is 12.1. The first-order valence-electron chi connectivity index (χ1n) is 12.3. The van der Waals surface area contributed by atoms with Gasteiger partial charge in [0.1, 0.15) is 6.10 Å². The van der Waals surface area contributed by atoms with Crippen LogP contribution in [0.1, 0.15) is 59.8 Å². The molecule has 7 heteroatoms. The Morgan fingerprint density at radius 1 is 1.06 bits per heavy atom. The Morgan fingerprint density at radius 2 is 1.71 bits per heavy atom. The molecule has 0 bridgehead atoms. The SMILES string of the molecule is Cc1ccc([C@H]2[C@H](O)[C@H](O)[C@H](O)C[SH]2C)cc1Cc1ccc(CCCC(=O)NC(C)(C)CO)cc1. The van der Waals surface area contributed by atoms with Crippen molar-refractivity contribution in [2.45, 2.75) is 75.6 Å². The van der Waals surface area contributed by atoms with Crippen molar-refractivity contribution >= 4 is 16.8 Å². The smallest absolute Gasteiger partial charge is 0.220 e. The number of carbonyl (C=O) groups is 1. The van der Waals surface area contributed by atoms with Crippen LogP contribution in [0.5, 0.6) is 0 Å². The van der Waals surface area contributed by atoms with Gasteiger partial charge in [-0.05, 0) is 74.1 Å². The van der Waals surface area contributed by atoms with Crippen LogP contribution in [0.25, 0.3) is 0 Å². The molecule has 0 aromatic heterocycles. The van der Waals surface area contributed by atoms with Crippen LogP contribution >= 0.6 is 10.9 Å². The fourth-order valence-corrected chi connectivity index (χ4v) is 7.09. The summed E-state index contributed by atoms with van der Waals surface area (Å²) in [5.74, 6) is 0.487. The number of amides is 1. The van der Waals surface area contributed by atoms with E-state index >= 15 is 0 Å².